The summed E-state index contributed by atoms with van der Waals surface area (Å²) < 4.78 is 1.65. The van der Waals surface area contributed by atoms with Crippen molar-refractivity contribution in [2.24, 2.45) is 7.05 Å². The highest BCUT2D eigenvalue weighted by molar-refractivity contribution is 6.30. The van der Waals surface area contributed by atoms with Gasteiger partial charge < -0.3 is 4.90 Å². The molecule has 0 spiro atoms. The van der Waals surface area contributed by atoms with Crippen molar-refractivity contribution in [3.8, 4) is 0 Å². The van der Waals surface area contributed by atoms with Crippen LogP contribution >= 0.6 is 11.6 Å². The van der Waals surface area contributed by atoms with E-state index in [1.807, 2.05) is 36.2 Å². The molecule has 0 N–H and O–H groups in total. The molecule has 1 aliphatic rings. The van der Waals surface area contributed by atoms with Gasteiger partial charge in [-0.05, 0) is 36.6 Å². The van der Waals surface area contributed by atoms with Gasteiger partial charge in [-0.1, -0.05) is 23.7 Å². The molecule has 20 heavy (non-hydrogen) atoms. The molecular formula is C15H16ClN3O. The summed E-state index contributed by atoms with van der Waals surface area (Å²) in [6.07, 6.45) is 3.80. The molecule has 104 valence electrons. The summed E-state index contributed by atoms with van der Waals surface area (Å²) in [4.78, 5) is 14.4. The Labute approximate surface area is 123 Å². The van der Waals surface area contributed by atoms with Gasteiger partial charge in [0.25, 0.3) is 5.91 Å². The lowest BCUT2D eigenvalue weighted by atomic mass is 10.0. The van der Waals surface area contributed by atoms with E-state index < -0.39 is 0 Å². The maximum absolute atomic E-state index is 12.5. The first-order valence-electron chi connectivity index (χ1n) is 6.71. The Kier molecular flexibility index (Phi) is 3.49. The van der Waals surface area contributed by atoms with Crippen molar-refractivity contribution in [2.45, 2.75) is 18.9 Å². The highest BCUT2D eigenvalue weighted by Crippen LogP contribution is 2.33. The van der Waals surface area contributed by atoms with Gasteiger partial charge in [-0.3, -0.25) is 9.48 Å². The van der Waals surface area contributed by atoms with Crippen molar-refractivity contribution in [3.05, 3.63) is 52.8 Å². The van der Waals surface area contributed by atoms with Gasteiger partial charge in [-0.2, -0.15) is 5.10 Å². The molecule has 0 saturated carbocycles. The second-order valence-electron chi connectivity index (χ2n) is 5.08. The zero-order valence-corrected chi connectivity index (χ0v) is 12.0. The Morgan fingerprint density at radius 2 is 2.05 bits per heavy atom. The third-order valence-corrected chi connectivity index (χ3v) is 3.95. The van der Waals surface area contributed by atoms with Crippen LogP contribution < -0.4 is 0 Å². The van der Waals surface area contributed by atoms with Crippen LogP contribution in [0.25, 0.3) is 0 Å². The zero-order valence-electron chi connectivity index (χ0n) is 11.3. The van der Waals surface area contributed by atoms with Crippen molar-refractivity contribution in [2.75, 3.05) is 6.54 Å². The van der Waals surface area contributed by atoms with E-state index in [0.29, 0.717) is 10.7 Å². The SMILES string of the molecule is Cn1ccc(C(=O)N2CCCC2c2ccc(Cl)cc2)n1. The predicted molar refractivity (Wildman–Crippen MR) is 77.7 cm³/mol. The minimum Gasteiger partial charge on any atom is -0.330 e. The molecule has 5 heteroatoms. The number of aromatic nitrogens is 2. The second-order valence-corrected chi connectivity index (χ2v) is 5.52. The van der Waals surface area contributed by atoms with Gasteiger partial charge in [0.15, 0.2) is 0 Å². The van der Waals surface area contributed by atoms with E-state index in [9.17, 15) is 4.79 Å². The lowest BCUT2D eigenvalue weighted by Crippen LogP contribution is -2.30. The van der Waals surface area contributed by atoms with Gasteiger partial charge >= 0.3 is 0 Å². The Bertz CT molecular complexity index is 620. The quantitative estimate of drug-likeness (QED) is 0.852. The van der Waals surface area contributed by atoms with Crippen LogP contribution in [0, 0.1) is 0 Å². The van der Waals surface area contributed by atoms with E-state index in [2.05, 4.69) is 5.10 Å². The van der Waals surface area contributed by atoms with Crippen molar-refractivity contribution < 1.29 is 4.79 Å². The summed E-state index contributed by atoms with van der Waals surface area (Å²) >= 11 is 5.92. The van der Waals surface area contributed by atoms with Crippen LogP contribution in [0.5, 0.6) is 0 Å². The average molecular weight is 290 g/mol. The van der Waals surface area contributed by atoms with E-state index >= 15 is 0 Å². The summed E-state index contributed by atoms with van der Waals surface area (Å²) in [5, 5.41) is 4.92. The number of hydrogen-bond donors (Lipinski definition) is 0. The molecule has 2 heterocycles. The Balaban J connectivity index is 1.85. The molecule has 1 saturated heterocycles. The van der Waals surface area contributed by atoms with Crippen molar-refractivity contribution in [3.63, 3.8) is 0 Å². The number of halogens is 1. The summed E-state index contributed by atoms with van der Waals surface area (Å²) in [7, 11) is 1.82. The van der Waals surface area contributed by atoms with Crippen LogP contribution in [0.1, 0.15) is 34.9 Å². The summed E-state index contributed by atoms with van der Waals surface area (Å²) in [6.45, 7) is 0.780. The van der Waals surface area contributed by atoms with Crippen LogP contribution in [-0.2, 0) is 7.05 Å². The van der Waals surface area contributed by atoms with Gasteiger partial charge in [0.2, 0.25) is 0 Å². The van der Waals surface area contributed by atoms with E-state index in [1.165, 1.54) is 0 Å². The van der Waals surface area contributed by atoms with Gasteiger partial charge in [0.05, 0.1) is 6.04 Å². The molecule has 0 aliphatic carbocycles. The number of nitrogens with zero attached hydrogens (tertiary/aromatic N) is 3. The van der Waals surface area contributed by atoms with Crippen LogP contribution in [0.3, 0.4) is 0 Å². The number of hydrogen-bond acceptors (Lipinski definition) is 2. The van der Waals surface area contributed by atoms with Gasteiger partial charge in [-0.15, -0.1) is 0 Å². The highest BCUT2D eigenvalue weighted by Gasteiger charge is 2.31. The number of carbonyl (C=O) groups is 1. The molecule has 4 nitrogen and oxygen atoms in total. The lowest BCUT2D eigenvalue weighted by molar-refractivity contribution is 0.0729. The second kappa shape index (κ2) is 5.29. The fourth-order valence-corrected chi connectivity index (χ4v) is 2.84. The van der Waals surface area contributed by atoms with E-state index in [4.69, 9.17) is 11.6 Å². The predicted octanol–water partition coefficient (Wildman–Crippen LogP) is 3.05. The largest absolute Gasteiger partial charge is 0.330 e. The molecule has 1 atom stereocenters. The molecule has 3 rings (SSSR count). The molecule has 1 aromatic carbocycles. The maximum Gasteiger partial charge on any atom is 0.274 e. The maximum atomic E-state index is 12.5. The topological polar surface area (TPSA) is 38.1 Å². The third kappa shape index (κ3) is 2.43. The first-order chi connectivity index (χ1) is 9.65. The molecular weight excluding hydrogens is 274 g/mol. The number of benzene rings is 1. The first kappa shape index (κ1) is 13.2. The number of rotatable bonds is 2. The monoisotopic (exact) mass is 289 g/mol. The Morgan fingerprint density at radius 1 is 1.30 bits per heavy atom. The number of likely N-dealkylation sites (tertiary alicyclic amines) is 1. The minimum absolute atomic E-state index is 0.00282. The molecule has 1 unspecified atom stereocenters. The van der Waals surface area contributed by atoms with Crippen molar-refractivity contribution >= 4 is 17.5 Å². The lowest BCUT2D eigenvalue weighted by Gasteiger charge is -2.24. The Morgan fingerprint density at radius 3 is 2.70 bits per heavy atom. The van der Waals surface area contributed by atoms with Crippen LogP contribution in [0.4, 0.5) is 0 Å². The number of carbonyl (C=O) groups excluding carboxylic acids is 1. The van der Waals surface area contributed by atoms with E-state index in [0.717, 1.165) is 24.9 Å². The number of aryl methyl sites for hydroxylation is 1. The first-order valence-corrected chi connectivity index (χ1v) is 7.09. The van der Waals surface area contributed by atoms with Gasteiger partial charge in [0, 0.05) is 24.8 Å². The van der Waals surface area contributed by atoms with Crippen molar-refractivity contribution in [1.29, 1.82) is 0 Å². The molecule has 1 aromatic heterocycles. The summed E-state index contributed by atoms with van der Waals surface area (Å²) in [5.41, 5.74) is 1.64. The fourth-order valence-electron chi connectivity index (χ4n) is 2.72. The van der Waals surface area contributed by atoms with Crippen molar-refractivity contribution in [1.82, 2.24) is 14.7 Å². The number of amides is 1. The van der Waals surface area contributed by atoms with E-state index in [1.54, 1.807) is 16.9 Å². The van der Waals surface area contributed by atoms with E-state index in [-0.39, 0.29) is 11.9 Å². The Hall–Kier alpha value is -1.81. The zero-order chi connectivity index (χ0) is 14.1. The molecule has 1 amide bonds. The van der Waals surface area contributed by atoms with Gasteiger partial charge in [0.1, 0.15) is 5.69 Å². The fraction of sp³-hybridized carbons (Fsp3) is 0.333. The normalized spacial score (nSPS) is 18.5. The van der Waals surface area contributed by atoms with Crippen LogP contribution in [-0.4, -0.2) is 27.1 Å². The molecule has 1 aliphatic heterocycles. The molecule has 1 fully saturated rings. The third-order valence-electron chi connectivity index (χ3n) is 3.70. The van der Waals surface area contributed by atoms with Crippen LogP contribution in [0.15, 0.2) is 36.5 Å². The molecule has 0 bridgehead atoms. The summed E-state index contributed by atoms with van der Waals surface area (Å²) in [5.74, 6) is 0.00282. The highest BCUT2D eigenvalue weighted by atomic mass is 35.5. The molecule has 2 aromatic rings. The summed E-state index contributed by atoms with van der Waals surface area (Å²) in [6, 6.07) is 9.63. The molecule has 0 radical (unpaired) electrons. The minimum atomic E-state index is 0.00282. The smallest absolute Gasteiger partial charge is 0.274 e. The average Bonchev–Trinajstić information content (AvgIpc) is 3.07. The van der Waals surface area contributed by atoms with Crippen LogP contribution in [0.2, 0.25) is 5.02 Å². The van der Waals surface area contributed by atoms with Gasteiger partial charge in [-0.25, -0.2) is 0 Å². The standard InChI is InChI=1S/C15H16ClN3O/c1-18-10-8-13(17-18)15(20)19-9-2-3-14(19)11-4-6-12(16)7-5-11/h4-8,10,14H,2-3,9H2,1H3.